The number of benzene rings is 2. The molecule has 8 nitrogen and oxygen atoms in total. The molecule has 0 amide bonds. The molecular formula is C36H44Cl6O8. The first-order chi connectivity index (χ1) is 23.4. The lowest BCUT2D eigenvalue weighted by Gasteiger charge is -2.27. The van der Waals surface area contributed by atoms with Crippen molar-refractivity contribution in [2.75, 3.05) is 13.2 Å². The topological polar surface area (TPSA) is 105 Å². The zero-order valence-corrected chi connectivity index (χ0v) is 33.9. The highest BCUT2D eigenvalue weighted by Crippen LogP contribution is 2.42. The Bertz CT molecular complexity index is 1430. The second kappa shape index (κ2) is 20.3. The molecular weight excluding hydrogens is 773 g/mol. The van der Waals surface area contributed by atoms with E-state index in [1.165, 1.54) is 0 Å². The quantitative estimate of drug-likeness (QED) is 0.0714. The minimum absolute atomic E-state index is 0.0127. The summed E-state index contributed by atoms with van der Waals surface area (Å²) < 4.78 is 21.6. The molecule has 14 heteroatoms. The molecule has 0 radical (unpaired) electrons. The maximum absolute atomic E-state index is 13.3. The van der Waals surface area contributed by atoms with E-state index < -0.39 is 46.5 Å². The van der Waals surface area contributed by atoms with Crippen molar-refractivity contribution in [2.45, 2.75) is 81.1 Å². The molecule has 0 aliphatic heterocycles. The predicted molar refractivity (Wildman–Crippen MR) is 200 cm³/mol. The summed E-state index contributed by atoms with van der Waals surface area (Å²) in [5.74, 6) is -5.23. The molecule has 2 aromatic carbocycles. The lowest BCUT2D eigenvalue weighted by Crippen LogP contribution is -2.28. The molecule has 4 atom stereocenters. The summed E-state index contributed by atoms with van der Waals surface area (Å²) in [4.78, 5) is 52.8. The van der Waals surface area contributed by atoms with Crippen LogP contribution in [0.15, 0.2) is 12.1 Å². The van der Waals surface area contributed by atoms with Crippen LogP contribution in [0, 0.1) is 35.5 Å². The summed E-state index contributed by atoms with van der Waals surface area (Å²) in [5, 5.41) is -1.52. The third-order valence-electron chi connectivity index (χ3n) is 8.59. The molecule has 0 bridgehead atoms. The zero-order valence-electron chi connectivity index (χ0n) is 29.4. The molecule has 0 fully saturated rings. The van der Waals surface area contributed by atoms with Crippen LogP contribution < -0.4 is 9.47 Å². The first kappa shape index (κ1) is 44.2. The van der Waals surface area contributed by atoms with Crippen molar-refractivity contribution in [2.24, 2.45) is 35.5 Å². The van der Waals surface area contributed by atoms with Gasteiger partial charge in [0.05, 0.1) is 43.3 Å². The summed E-state index contributed by atoms with van der Waals surface area (Å²) in [7, 11) is 0. The van der Waals surface area contributed by atoms with Gasteiger partial charge < -0.3 is 18.9 Å². The van der Waals surface area contributed by atoms with Gasteiger partial charge in [0.1, 0.15) is 11.1 Å². The number of hydrogen-bond donors (Lipinski definition) is 0. The number of ether oxygens (including phenoxy) is 4. The zero-order chi connectivity index (χ0) is 38.0. The van der Waals surface area contributed by atoms with E-state index in [9.17, 15) is 19.2 Å². The van der Waals surface area contributed by atoms with Crippen molar-refractivity contribution in [3.8, 4) is 11.5 Å². The van der Waals surface area contributed by atoms with E-state index in [0.29, 0.717) is 11.8 Å². The summed E-state index contributed by atoms with van der Waals surface area (Å²) in [6.45, 7) is 16.5. The smallest absolute Gasteiger partial charge is 0.423 e. The molecule has 0 aliphatic rings. The molecule has 2 rings (SSSR count). The molecule has 0 aromatic heterocycles. The van der Waals surface area contributed by atoms with Gasteiger partial charge in [0.25, 0.3) is 0 Å². The molecule has 0 saturated carbocycles. The van der Waals surface area contributed by atoms with E-state index >= 15 is 0 Å². The molecule has 2 aromatic rings. The SMILES string of the molecule is CCCC(C(C)C)C(C)COC(=O)c1c(Cl)c(Cl)cc(Cl)c1OC(=O)C(=O)Oc1c(Cl)cc(Cl)c(Cl)c1C(=O)OCC(C)C(CCC)C(C)C. The largest absolute Gasteiger partial charge is 0.462 e. The summed E-state index contributed by atoms with van der Waals surface area (Å²) >= 11 is 37.7. The highest BCUT2D eigenvalue weighted by molar-refractivity contribution is 6.47. The second-order valence-electron chi connectivity index (χ2n) is 13.0. The fourth-order valence-electron chi connectivity index (χ4n) is 6.01. The van der Waals surface area contributed by atoms with Crippen LogP contribution >= 0.6 is 69.6 Å². The lowest BCUT2D eigenvalue weighted by atomic mass is 9.82. The Kier molecular flexibility index (Phi) is 18.0. The first-order valence-electron chi connectivity index (χ1n) is 16.5. The van der Waals surface area contributed by atoms with E-state index in [2.05, 4.69) is 41.5 Å². The molecule has 0 spiro atoms. The van der Waals surface area contributed by atoms with E-state index in [-0.39, 0.29) is 67.0 Å². The molecule has 50 heavy (non-hydrogen) atoms. The van der Waals surface area contributed by atoms with E-state index in [0.717, 1.165) is 37.8 Å². The van der Waals surface area contributed by atoms with Crippen LogP contribution in [0.1, 0.15) is 102 Å². The Balaban J connectivity index is 2.36. The van der Waals surface area contributed by atoms with Crippen LogP contribution in [0.5, 0.6) is 11.5 Å². The number of carbonyl (C=O) groups excluding carboxylic acids is 4. The standard InChI is InChI=1S/C36H44Cl6O8/c1-9-11-21(17(3)4)19(7)15-47-33(43)27-29(41)23(37)13-25(39)31(27)49-35(45)36(46)50-32-26(40)14-24(38)30(42)28(32)34(44)48-16-20(8)22(12-10-2)18(5)6/h13-14,17-22H,9-12,15-16H2,1-8H3. The van der Waals surface area contributed by atoms with Gasteiger partial charge >= 0.3 is 23.9 Å². The van der Waals surface area contributed by atoms with Gasteiger partial charge in [-0.15, -0.1) is 0 Å². The monoisotopic (exact) mass is 814 g/mol. The van der Waals surface area contributed by atoms with Crippen LogP contribution in [0.25, 0.3) is 0 Å². The predicted octanol–water partition coefficient (Wildman–Crippen LogP) is 11.8. The fourth-order valence-corrected chi connectivity index (χ4v) is 7.45. The van der Waals surface area contributed by atoms with Crippen LogP contribution in [0.4, 0.5) is 0 Å². The average molecular weight is 817 g/mol. The normalized spacial score (nSPS) is 13.8. The van der Waals surface area contributed by atoms with Gasteiger partial charge in [0.15, 0.2) is 11.5 Å². The molecule has 278 valence electrons. The van der Waals surface area contributed by atoms with Crippen LogP contribution in [0.2, 0.25) is 30.1 Å². The summed E-state index contributed by atoms with van der Waals surface area (Å²) in [6.07, 6.45) is 3.79. The maximum atomic E-state index is 13.3. The van der Waals surface area contributed by atoms with Gasteiger partial charge in [0.2, 0.25) is 0 Å². The lowest BCUT2D eigenvalue weighted by molar-refractivity contribution is -0.156. The fraction of sp³-hybridized carbons (Fsp3) is 0.556. The molecule has 0 N–H and O–H groups in total. The Labute approximate surface area is 324 Å². The van der Waals surface area contributed by atoms with Crippen molar-refractivity contribution in [1.29, 1.82) is 0 Å². The third-order valence-corrected chi connectivity index (χ3v) is 10.7. The number of carbonyl (C=O) groups is 4. The van der Waals surface area contributed by atoms with E-state index in [4.69, 9.17) is 88.6 Å². The van der Waals surface area contributed by atoms with Crippen molar-refractivity contribution in [1.82, 2.24) is 0 Å². The number of esters is 4. The Morgan fingerprint density at radius 3 is 1.16 bits per heavy atom. The minimum atomic E-state index is -1.65. The third kappa shape index (κ3) is 11.5. The second-order valence-corrected chi connectivity index (χ2v) is 15.4. The van der Waals surface area contributed by atoms with Gasteiger partial charge in [-0.05, 0) is 47.6 Å². The van der Waals surface area contributed by atoms with Gasteiger partial charge in [-0.1, -0.05) is 151 Å². The molecule has 0 aliphatic carbocycles. The van der Waals surface area contributed by atoms with Crippen LogP contribution in [0.3, 0.4) is 0 Å². The highest BCUT2D eigenvalue weighted by Gasteiger charge is 2.33. The number of halogens is 6. The highest BCUT2D eigenvalue weighted by atomic mass is 35.5. The number of rotatable bonds is 16. The molecule has 4 unspecified atom stereocenters. The van der Waals surface area contributed by atoms with Gasteiger partial charge in [-0.2, -0.15) is 0 Å². The minimum Gasteiger partial charge on any atom is -0.462 e. The van der Waals surface area contributed by atoms with Gasteiger partial charge in [0, 0.05) is 0 Å². The molecule has 0 heterocycles. The summed E-state index contributed by atoms with van der Waals surface area (Å²) in [6, 6.07) is 2.26. The van der Waals surface area contributed by atoms with Gasteiger partial charge in [-0.3, -0.25) is 0 Å². The summed E-state index contributed by atoms with van der Waals surface area (Å²) in [5.41, 5.74) is -0.939. The average Bonchev–Trinajstić information content (AvgIpc) is 3.04. The van der Waals surface area contributed by atoms with Crippen molar-refractivity contribution in [3.05, 3.63) is 53.4 Å². The number of hydrogen-bond acceptors (Lipinski definition) is 8. The Hall–Kier alpha value is -1.94. The van der Waals surface area contributed by atoms with Crippen LogP contribution in [-0.4, -0.2) is 37.1 Å². The Morgan fingerprint density at radius 1 is 0.560 bits per heavy atom. The van der Waals surface area contributed by atoms with E-state index in [1.807, 2.05) is 13.8 Å². The first-order valence-corrected chi connectivity index (χ1v) is 18.8. The Morgan fingerprint density at radius 2 is 0.880 bits per heavy atom. The van der Waals surface area contributed by atoms with Crippen molar-refractivity contribution in [3.63, 3.8) is 0 Å². The maximum Gasteiger partial charge on any atom is 0.423 e. The van der Waals surface area contributed by atoms with Crippen LogP contribution in [-0.2, 0) is 19.1 Å². The molecule has 0 saturated heterocycles. The van der Waals surface area contributed by atoms with Crippen molar-refractivity contribution < 1.29 is 38.1 Å². The van der Waals surface area contributed by atoms with E-state index in [1.54, 1.807) is 0 Å². The van der Waals surface area contributed by atoms with Crippen molar-refractivity contribution >= 4 is 93.5 Å². The van der Waals surface area contributed by atoms with Gasteiger partial charge in [-0.25, -0.2) is 19.2 Å².